The molecule has 5 atom stereocenters. The van der Waals surface area contributed by atoms with Crippen molar-refractivity contribution in [3.05, 3.63) is 66.1 Å². The number of nitrogens with zero attached hydrogens (tertiary/aromatic N) is 1. The SMILES string of the molecule is C=C1CCC[C@]2(C)C[C@H]3OC(=O)[C@@H](CN(Cc4ccc(OC)cc4)Cc4ccco4)[C@H]3C[C@@H]12. The highest BCUT2D eigenvalue weighted by Gasteiger charge is 2.55. The normalized spacial score (nSPS) is 31.2. The van der Waals surface area contributed by atoms with E-state index in [0.717, 1.165) is 37.3 Å². The second-order valence-corrected chi connectivity index (χ2v) is 10.5. The number of furan rings is 1. The van der Waals surface area contributed by atoms with Gasteiger partial charge in [-0.3, -0.25) is 9.69 Å². The van der Waals surface area contributed by atoms with Crippen LogP contribution >= 0.6 is 0 Å². The third-order valence-corrected chi connectivity index (χ3v) is 8.30. The summed E-state index contributed by atoms with van der Waals surface area (Å²) in [6.07, 6.45) is 7.29. The fraction of sp³-hybridized carbons (Fsp3) is 0.536. The number of rotatable bonds is 7. The van der Waals surface area contributed by atoms with E-state index in [9.17, 15) is 4.79 Å². The van der Waals surface area contributed by atoms with E-state index in [1.54, 1.807) is 13.4 Å². The van der Waals surface area contributed by atoms with Crippen LogP contribution in [0.3, 0.4) is 0 Å². The molecule has 0 unspecified atom stereocenters. The molecule has 5 rings (SSSR count). The highest BCUT2D eigenvalue weighted by molar-refractivity contribution is 5.75. The average Bonchev–Trinajstić information content (AvgIpc) is 3.40. The summed E-state index contributed by atoms with van der Waals surface area (Å²) in [6.45, 7) is 8.87. The van der Waals surface area contributed by atoms with Gasteiger partial charge in [0, 0.05) is 19.0 Å². The lowest BCUT2D eigenvalue weighted by Gasteiger charge is -2.50. The van der Waals surface area contributed by atoms with E-state index in [0.29, 0.717) is 19.0 Å². The van der Waals surface area contributed by atoms with Crippen molar-refractivity contribution in [1.82, 2.24) is 4.90 Å². The minimum atomic E-state index is -0.109. The summed E-state index contributed by atoms with van der Waals surface area (Å²) in [5.74, 6) is 2.38. The maximum absolute atomic E-state index is 13.1. The molecular weight excluding hydrogens is 414 g/mol. The molecule has 0 bridgehead atoms. The minimum absolute atomic E-state index is 0.0305. The highest BCUT2D eigenvalue weighted by atomic mass is 16.6. The maximum Gasteiger partial charge on any atom is 0.310 e. The van der Waals surface area contributed by atoms with E-state index >= 15 is 0 Å². The van der Waals surface area contributed by atoms with Crippen LogP contribution in [0.2, 0.25) is 0 Å². The van der Waals surface area contributed by atoms with Crippen molar-refractivity contribution in [3.8, 4) is 5.75 Å². The molecule has 2 heterocycles. The molecule has 1 aromatic heterocycles. The van der Waals surface area contributed by atoms with E-state index in [4.69, 9.17) is 13.9 Å². The van der Waals surface area contributed by atoms with Gasteiger partial charge >= 0.3 is 5.97 Å². The maximum atomic E-state index is 13.1. The van der Waals surface area contributed by atoms with Gasteiger partial charge in [0.25, 0.3) is 0 Å². The number of ether oxygens (including phenoxy) is 2. The number of benzene rings is 1. The van der Waals surface area contributed by atoms with Crippen LogP contribution in [0.25, 0.3) is 0 Å². The summed E-state index contributed by atoms with van der Waals surface area (Å²) in [7, 11) is 1.68. The van der Waals surface area contributed by atoms with Crippen LogP contribution in [-0.2, 0) is 22.6 Å². The zero-order chi connectivity index (χ0) is 23.0. The number of fused-ring (bicyclic) bond motifs is 2. The molecule has 0 amide bonds. The summed E-state index contributed by atoms with van der Waals surface area (Å²) < 4.78 is 17.0. The third-order valence-electron chi connectivity index (χ3n) is 8.30. The van der Waals surface area contributed by atoms with Crippen molar-refractivity contribution in [3.63, 3.8) is 0 Å². The summed E-state index contributed by atoms with van der Waals surface area (Å²) in [5.41, 5.74) is 2.79. The van der Waals surface area contributed by atoms with Crippen LogP contribution in [0.1, 0.15) is 50.4 Å². The lowest BCUT2D eigenvalue weighted by Crippen LogP contribution is -2.45. The summed E-state index contributed by atoms with van der Waals surface area (Å²) >= 11 is 0. The zero-order valence-electron chi connectivity index (χ0n) is 19.8. The molecule has 3 fully saturated rings. The summed E-state index contributed by atoms with van der Waals surface area (Å²) in [6, 6.07) is 12.0. The Morgan fingerprint density at radius 1 is 1.21 bits per heavy atom. The summed E-state index contributed by atoms with van der Waals surface area (Å²) in [5, 5.41) is 0. The van der Waals surface area contributed by atoms with Gasteiger partial charge < -0.3 is 13.9 Å². The Balaban J connectivity index is 1.35. The monoisotopic (exact) mass is 449 g/mol. The standard InChI is InChI=1S/C28H35NO4/c1-19-6-4-12-28(2)15-26-23(14-25(19)28)24(27(30)33-26)18-29(17-22-7-5-13-32-22)16-20-8-10-21(31-3)11-9-20/h5,7-11,13,23-26H,1,4,6,12,14-18H2,2-3H3/t23-,24+,25+,26-,28-/m1/s1. The third kappa shape index (κ3) is 4.48. The molecule has 0 radical (unpaired) electrons. The molecule has 5 nitrogen and oxygen atoms in total. The highest BCUT2D eigenvalue weighted by Crippen LogP contribution is 2.57. The Labute approximate surface area is 196 Å². The lowest BCUT2D eigenvalue weighted by atomic mass is 9.55. The Morgan fingerprint density at radius 3 is 2.76 bits per heavy atom. The molecule has 1 aliphatic heterocycles. The molecule has 2 aromatic rings. The van der Waals surface area contributed by atoms with Crippen molar-refractivity contribution in [2.75, 3.05) is 13.7 Å². The molecule has 2 saturated carbocycles. The van der Waals surface area contributed by atoms with Gasteiger partial charge in [0.1, 0.15) is 17.6 Å². The van der Waals surface area contributed by atoms with E-state index in [1.165, 1.54) is 24.0 Å². The number of hydrogen-bond donors (Lipinski definition) is 0. The van der Waals surface area contributed by atoms with E-state index in [-0.39, 0.29) is 29.3 Å². The van der Waals surface area contributed by atoms with Crippen LogP contribution in [-0.4, -0.2) is 30.6 Å². The van der Waals surface area contributed by atoms with Gasteiger partial charge in [0.15, 0.2) is 0 Å². The quantitative estimate of drug-likeness (QED) is 0.407. The molecule has 1 saturated heterocycles. The smallest absolute Gasteiger partial charge is 0.310 e. The first-order chi connectivity index (χ1) is 15.9. The minimum Gasteiger partial charge on any atom is -0.497 e. The molecule has 176 valence electrons. The van der Waals surface area contributed by atoms with Crippen LogP contribution < -0.4 is 4.74 Å². The molecule has 0 N–H and O–H groups in total. The topological polar surface area (TPSA) is 51.9 Å². The van der Waals surface area contributed by atoms with Crippen LogP contribution in [0.5, 0.6) is 5.75 Å². The van der Waals surface area contributed by atoms with Crippen molar-refractivity contribution in [2.45, 2.75) is 58.2 Å². The number of methoxy groups -OCH3 is 1. The van der Waals surface area contributed by atoms with Crippen molar-refractivity contribution in [2.24, 2.45) is 23.2 Å². The first-order valence-electron chi connectivity index (χ1n) is 12.2. The Morgan fingerprint density at radius 2 is 2.03 bits per heavy atom. The number of carbonyl (C=O) groups excluding carboxylic acids is 1. The number of hydrogen-bond acceptors (Lipinski definition) is 5. The van der Waals surface area contributed by atoms with Crippen LogP contribution in [0.4, 0.5) is 0 Å². The van der Waals surface area contributed by atoms with E-state index < -0.39 is 0 Å². The first-order valence-corrected chi connectivity index (χ1v) is 12.2. The summed E-state index contributed by atoms with van der Waals surface area (Å²) in [4.78, 5) is 15.4. The van der Waals surface area contributed by atoms with Gasteiger partial charge in [-0.2, -0.15) is 0 Å². The van der Waals surface area contributed by atoms with E-state index in [1.807, 2.05) is 24.3 Å². The van der Waals surface area contributed by atoms with Gasteiger partial charge in [-0.05, 0) is 73.3 Å². The lowest BCUT2D eigenvalue weighted by molar-refractivity contribution is -0.146. The second kappa shape index (κ2) is 9.02. The molecule has 2 aliphatic carbocycles. The Kier molecular flexibility index (Phi) is 6.09. The van der Waals surface area contributed by atoms with Gasteiger partial charge in [0.2, 0.25) is 0 Å². The second-order valence-electron chi connectivity index (χ2n) is 10.5. The molecule has 1 aromatic carbocycles. The van der Waals surface area contributed by atoms with Gasteiger partial charge in [-0.15, -0.1) is 0 Å². The molecule has 33 heavy (non-hydrogen) atoms. The molecule has 0 spiro atoms. The molecule has 5 heteroatoms. The van der Waals surface area contributed by atoms with Crippen molar-refractivity contribution in [1.29, 1.82) is 0 Å². The first kappa shape index (κ1) is 22.3. The predicted octanol–water partition coefficient (Wildman–Crippen LogP) is 5.60. The molecule has 3 aliphatic rings. The Bertz CT molecular complexity index is 982. The zero-order valence-corrected chi connectivity index (χ0v) is 19.8. The van der Waals surface area contributed by atoms with Crippen LogP contribution in [0.15, 0.2) is 59.2 Å². The predicted molar refractivity (Wildman–Crippen MR) is 126 cm³/mol. The number of esters is 1. The fourth-order valence-corrected chi connectivity index (χ4v) is 6.54. The Hall–Kier alpha value is -2.53. The average molecular weight is 450 g/mol. The van der Waals surface area contributed by atoms with E-state index in [2.05, 4.69) is 30.5 Å². The van der Waals surface area contributed by atoms with Crippen LogP contribution in [0, 0.1) is 23.2 Å². The van der Waals surface area contributed by atoms with Crippen molar-refractivity contribution < 1.29 is 18.7 Å². The number of allylic oxidation sites excluding steroid dienone is 1. The van der Waals surface area contributed by atoms with Gasteiger partial charge in [-0.25, -0.2) is 0 Å². The molecular formula is C28H35NO4. The van der Waals surface area contributed by atoms with Crippen molar-refractivity contribution >= 4 is 5.97 Å². The van der Waals surface area contributed by atoms with Gasteiger partial charge in [0.05, 0.1) is 25.8 Å². The van der Waals surface area contributed by atoms with Gasteiger partial charge in [-0.1, -0.05) is 31.2 Å². The number of carbonyl (C=O) groups is 1. The fourth-order valence-electron chi connectivity index (χ4n) is 6.54. The largest absolute Gasteiger partial charge is 0.497 e.